The summed E-state index contributed by atoms with van der Waals surface area (Å²) < 4.78 is 10.6. The number of rotatable bonds is 5. The van der Waals surface area contributed by atoms with Gasteiger partial charge in [0.15, 0.2) is 11.5 Å². The second-order valence-corrected chi connectivity index (χ2v) is 4.85. The minimum atomic E-state index is -1.07. The van der Waals surface area contributed by atoms with E-state index in [2.05, 4.69) is 0 Å². The molecule has 1 aromatic carbocycles. The number of nitrogens with two attached hydrogens (primary N) is 1. The first-order valence-corrected chi connectivity index (χ1v) is 5.85. The lowest BCUT2D eigenvalue weighted by Gasteiger charge is -2.15. The Bertz CT molecular complexity index is 485. The highest BCUT2D eigenvalue weighted by Crippen LogP contribution is 2.39. The molecule has 0 spiro atoms. The van der Waals surface area contributed by atoms with Crippen LogP contribution in [0.15, 0.2) is 12.1 Å². The lowest BCUT2D eigenvalue weighted by atomic mass is 10.2. The molecule has 18 heavy (non-hydrogen) atoms. The number of carbonyl (C=O) groups is 1. The SMILES string of the molecule is COc1cc(C(=O)O)cc(Cl)c1OCC1(N)CC1. The summed E-state index contributed by atoms with van der Waals surface area (Å²) >= 11 is 6.00. The number of halogens is 1. The highest BCUT2D eigenvalue weighted by Gasteiger charge is 2.39. The van der Waals surface area contributed by atoms with Gasteiger partial charge in [-0.2, -0.15) is 0 Å². The molecule has 2 rings (SSSR count). The summed E-state index contributed by atoms with van der Waals surface area (Å²) in [6, 6.07) is 2.71. The van der Waals surface area contributed by atoms with Crippen LogP contribution in [0.1, 0.15) is 23.2 Å². The maximum atomic E-state index is 10.9. The molecule has 1 aromatic rings. The Balaban J connectivity index is 2.24. The van der Waals surface area contributed by atoms with E-state index in [-0.39, 0.29) is 16.1 Å². The van der Waals surface area contributed by atoms with Gasteiger partial charge >= 0.3 is 5.97 Å². The fourth-order valence-electron chi connectivity index (χ4n) is 1.50. The van der Waals surface area contributed by atoms with Gasteiger partial charge in [-0.3, -0.25) is 0 Å². The normalized spacial score (nSPS) is 16.2. The summed E-state index contributed by atoms with van der Waals surface area (Å²) in [5.41, 5.74) is 5.69. The Morgan fingerprint density at radius 1 is 1.56 bits per heavy atom. The molecule has 0 heterocycles. The first-order chi connectivity index (χ1) is 8.45. The Hall–Kier alpha value is -1.46. The molecule has 0 aliphatic heterocycles. The van der Waals surface area contributed by atoms with Gasteiger partial charge in [0.1, 0.15) is 6.61 Å². The van der Waals surface area contributed by atoms with E-state index in [0.29, 0.717) is 18.1 Å². The summed E-state index contributed by atoms with van der Waals surface area (Å²) in [6.07, 6.45) is 1.83. The fourth-order valence-corrected chi connectivity index (χ4v) is 1.77. The molecule has 5 nitrogen and oxygen atoms in total. The van der Waals surface area contributed by atoms with Crippen molar-refractivity contribution in [3.8, 4) is 11.5 Å². The van der Waals surface area contributed by atoms with Crippen LogP contribution in [0.4, 0.5) is 0 Å². The average Bonchev–Trinajstić information content (AvgIpc) is 3.05. The Kier molecular flexibility index (Phi) is 3.36. The van der Waals surface area contributed by atoms with E-state index in [9.17, 15) is 4.79 Å². The van der Waals surface area contributed by atoms with Crippen molar-refractivity contribution in [1.29, 1.82) is 0 Å². The second kappa shape index (κ2) is 4.66. The predicted molar refractivity (Wildman–Crippen MR) is 66.6 cm³/mol. The van der Waals surface area contributed by atoms with Gasteiger partial charge < -0.3 is 20.3 Å². The van der Waals surface area contributed by atoms with E-state index in [4.69, 9.17) is 31.9 Å². The fraction of sp³-hybridized carbons (Fsp3) is 0.417. The summed E-state index contributed by atoms with van der Waals surface area (Å²) in [6.45, 7) is 0.343. The Morgan fingerprint density at radius 3 is 2.72 bits per heavy atom. The Labute approximate surface area is 109 Å². The molecule has 0 radical (unpaired) electrons. The maximum Gasteiger partial charge on any atom is 0.335 e. The predicted octanol–water partition coefficient (Wildman–Crippen LogP) is 1.92. The van der Waals surface area contributed by atoms with Crippen LogP contribution in [0.3, 0.4) is 0 Å². The van der Waals surface area contributed by atoms with Gasteiger partial charge in [-0.1, -0.05) is 11.6 Å². The van der Waals surface area contributed by atoms with Gasteiger partial charge in [0.05, 0.1) is 23.2 Å². The second-order valence-electron chi connectivity index (χ2n) is 4.45. The summed E-state index contributed by atoms with van der Waals surface area (Å²) in [4.78, 5) is 10.9. The van der Waals surface area contributed by atoms with Crippen LogP contribution in [0, 0.1) is 0 Å². The molecule has 6 heteroatoms. The number of aromatic carboxylic acids is 1. The third kappa shape index (κ3) is 2.68. The highest BCUT2D eigenvalue weighted by molar-refractivity contribution is 6.32. The zero-order valence-electron chi connectivity index (χ0n) is 9.90. The minimum absolute atomic E-state index is 0.0538. The first-order valence-electron chi connectivity index (χ1n) is 5.48. The molecular formula is C12H14ClNO4. The number of hydrogen-bond donors (Lipinski definition) is 2. The molecule has 0 aromatic heterocycles. The van der Waals surface area contributed by atoms with Gasteiger partial charge in [0.25, 0.3) is 0 Å². The van der Waals surface area contributed by atoms with E-state index in [1.807, 2.05) is 0 Å². The van der Waals surface area contributed by atoms with Crippen molar-refractivity contribution < 1.29 is 19.4 Å². The number of carboxylic acid groups (broad SMARTS) is 1. The van der Waals surface area contributed by atoms with Crippen LogP contribution in [-0.4, -0.2) is 30.3 Å². The lowest BCUT2D eigenvalue weighted by Crippen LogP contribution is -2.29. The molecular weight excluding hydrogens is 258 g/mol. The molecule has 0 atom stereocenters. The van der Waals surface area contributed by atoms with E-state index >= 15 is 0 Å². The van der Waals surface area contributed by atoms with Gasteiger partial charge in [-0.15, -0.1) is 0 Å². The number of hydrogen-bond acceptors (Lipinski definition) is 4. The van der Waals surface area contributed by atoms with Crippen molar-refractivity contribution in [1.82, 2.24) is 0 Å². The highest BCUT2D eigenvalue weighted by atomic mass is 35.5. The molecule has 1 aliphatic carbocycles. The molecule has 1 saturated carbocycles. The van der Waals surface area contributed by atoms with Crippen LogP contribution in [0.2, 0.25) is 5.02 Å². The molecule has 98 valence electrons. The van der Waals surface area contributed by atoms with E-state index in [0.717, 1.165) is 12.8 Å². The third-order valence-electron chi connectivity index (χ3n) is 2.87. The van der Waals surface area contributed by atoms with Gasteiger partial charge in [-0.05, 0) is 25.0 Å². The topological polar surface area (TPSA) is 81.8 Å². The van der Waals surface area contributed by atoms with Gasteiger partial charge in [0.2, 0.25) is 0 Å². The number of benzene rings is 1. The van der Waals surface area contributed by atoms with E-state index in [1.165, 1.54) is 19.2 Å². The molecule has 1 aliphatic rings. The molecule has 1 fully saturated rings. The van der Waals surface area contributed by atoms with Crippen LogP contribution in [0.25, 0.3) is 0 Å². The zero-order chi connectivity index (χ0) is 13.3. The van der Waals surface area contributed by atoms with Crippen molar-refractivity contribution in [3.05, 3.63) is 22.7 Å². The summed E-state index contributed by atoms with van der Waals surface area (Å²) in [5, 5.41) is 9.12. The van der Waals surface area contributed by atoms with Crippen LogP contribution in [0.5, 0.6) is 11.5 Å². The lowest BCUT2D eigenvalue weighted by molar-refractivity contribution is 0.0696. The van der Waals surface area contributed by atoms with Crippen LogP contribution >= 0.6 is 11.6 Å². The maximum absolute atomic E-state index is 10.9. The van der Waals surface area contributed by atoms with Crippen LogP contribution in [-0.2, 0) is 0 Å². The van der Waals surface area contributed by atoms with Crippen molar-refractivity contribution >= 4 is 17.6 Å². The smallest absolute Gasteiger partial charge is 0.335 e. The van der Waals surface area contributed by atoms with Gasteiger partial charge in [-0.25, -0.2) is 4.79 Å². The van der Waals surface area contributed by atoms with E-state index in [1.54, 1.807) is 0 Å². The summed E-state index contributed by atoms with van der Waals surface area (Å²) in [5.74, 6) is -0.440. The monoisotopic (exact) mass is 271 g/mol. The molecule has 0 saturated heterocycles. The molecule has 0 amide bonds. The van der Waals surface area contributed by atoms with Crippen molar-refractivity contribution in [3.63, 3.8) is 0 Å². The summed E-state index contributed by atoms with van der Waals surface area (Å²) in [7, 11) is 1.43. The van der Waals surface area contributed by atoms with Gasteiger partial charge in [0, 0.05) is 0 Å². The quantitative estimate of drug-likeness (QED) is 0.855. The molecule has 0 unspecified atom stereocenters. The van der Waals surface area contributed by atoms with Crippen LogP contribution < -0.4 is 15.2 Å². The van der Waals surface area contributed by atoms with E-state index < -0.39 is 5.97 Å². The van der Waals surface area contributed by atoms with Crippen molar-refractivity contribution in [2.24, 2.45) is 5.73 Å². The van der Waals surface area contributed by atoms with Crippen molar-refractivity contribution in [2.45, 2.75) is 18.4 Å². The number of methoxy groups -OCH3 is 1. The molecule has 0 bridgehead atoms. The largest absolute Gasteiger partial charge is 0.493 e. The minimum Gasteiger partial charge on any atom is -0.493 e. The van der Waals surface area contributed by atoms with Crippen molar-refractivity contribution in [2.75, 3.05) is 13.7 Å². The third-order valence-corrected chi connectivity index (χ3v) is 3.15. The number of carboxylic acids is 1. The zero-order valence-corrected chi connectivity index (χ0v) is 10.7. The standard InChI is InChI=1S/C12H14ClNO4/c1-17-9-5-7(11(15)16)4-8(13)10(9)18-6-12(14)2-3-12/h4-5H,2-3,6,14H2,1H3,(H,15,16). The first kappa shape index (κ1) is 13.0. The molecule has 3 N–H and O–H groups in total. The number of ether oxygens (including phenoxy) is 2. The average molecular weight is 272 g/mol. The Morgan fingerprint density at radius 2 is 2.22 bits per heavy atom.